The number of carbonyl (C=O) groups is 3. The highest BCUT2D eigenvalue weighted by molar-refractivity contribution is 6.01. The molecule has 3 heterocycles. The zero-order valence-electron chi connectivity index (χ0n) is 15.7. The first-order valence-corrected chi connectivity index (χ1v) is 9.70. The number of nitrogens with zero attached hydrogens (tertiary/aromatic N) is 2. The van der Waals surface area contributed by atoms with Gasteiger partial charge in [-0.1, -0.05) is 44.4 Å². The molecule has 0 aromatic heterocycles. The summed E-state index contributed by atoms with van der Waals surface area (Å²) in [6, 6.07) is 6.90. The first-order valence-electron chi connectivity index (χ1n) is 9.70. The van der Waals surface area contributed by atoms with E-state index in [1.54, 1.807) is 29.2 Å². The molecular formula is C20H25N3O4. The van der Waals surface area contributed by atoms with Crippen molar-refractivity contribution in [1.29, 1.82) is 0 Å². The van der Waals surface area contributed by atoms with Gasteiger partial charge in [-0.3, -0.25) is 19.9 Å². The molecule has 27 heavy (non-hydrogen) atoms. The maximum absolute atomic E-state index is 12.8. The van der Waals surface area contributed by atoms with E-state index in [-0.39, 0.29) is 30.2 Å². The first-order chi connectivity index (χ1) is 13.1. The number of benzene rings is 1. The van der Waals surface area contributed by atoms with Gasteiger partial charge >= 0.3 is 6.09 Å². The van der Waals surface area contributed by atoms with E-state index in [1.165, 1.54) is 0 Å². The minimum Gasteiger partial charge on any atom is -0.446 e. The number of ether oxygens (including phenoxy) is 1. The van der Waals surface area contributed by atoms with Crippen molar-refractivity contribution in [2.75, 3.05) is 0 Å². The molecule has 2 amide bonds. The molecule has 4 rings (SSSR count). The van der Waals surface area contributed by atoms with E-state index in [0.29, 0.717) is 17.4 Å². The van der Waals surface area contributed by atoms with Gasteiger partial charge in [-0.25, -0.2) is 4.79 Å². The van der Waals surface area contributed by atoms with Gasteiger partial charge in [0.15, 0.2) is 11.9 Å². The zero-order chi connectivity index (χ0) is 19.2. The summed E-state index contributed by atoms with van der Waals surface area (Å²) in [6.45, 7) is 4.05. The van der Waals surface area contributed by atoms with Gasteiger partial charge in [0.25, 0.3) is 5.91 Å². The number of nitrogens with one attached hydrogen (secondary N) is 1. The predicted octanol–water partition coefficient (Wildman–Crippen LogP) is 2.72. The van der Waals surface area contributed by atoms with Gasteiger partial charge in [0.05, 0.1) is 17.6 Å². The van der Waals surface area contributed by atoms with Crippen LogP contribution in [0.15, 0.2) is 24.3 Å². The SMILES string of the molecule is CCCCC[C@@H]1N(NC(=O)c2ccccc2C=O)[C@]12C1C[C@H](C)OC(=O)N12. The highest BCUT2D eigenvalue weighted by Crippen LogP contribution is 2.64. The van der Waals surface area contributed by atoms with Gasteiger partial charge in [-0.2, -0.15) is 5.01 Å². The number of fused-ring (bicyclic) bond motifs is 3. The highest BCUT2D eigenvalue weighted by atomic mass is 16.6. The average molecular weight is 371 g/mol. The van der Waals surface area contributed by atoms with Crippen molar-refractivity contribution >= 4 is 18.3 Å². The van der Waals surface area contributed by atoms with Crippen LogP contribution in [0.4, 0.5) is 4.79 Å². The van der Waals surface area contributed by atoms with Crippen LogP contribution in [0.5, 0.6) is 0 Å². The number of amides is 2. The molecule has 0 saturated carbocycles. The Morgan fingerprint density at radius 2 is 2.15 bits per heavy atom. The maximum Gasteiger partial charge on any atom is 0.412 e. The van der Waals surface area contributed by atoms with E-state index in [0.717, 1.165) is 32.1 Å². The lowest BCUT2D eigenvalue weighted by molar-refractivity contribution is 0.0643. The fourth-order valence-electron chi connectivity index (χ4n) is 4.58. The van der Waals surface area contributed by atoms with E-state index in [2.05, 4.69) is 12.3 Å². The molecule has 5 atom stereocenters. The van der Waals surface area contributed by atoms with Crippen molar-refractivity contribution in [2.24, 2.45) is 0 Å². The van der Waals surface area contributed by atoms with Crippen LogP contribution in [0.2, 0.25) is 0 Å². The van der Waals surface area contributed by atoms with Crippen LogP contribution in [0.1, 0.15) is 66.7 Å². The van der Waals surface area contributed by atoms with Gasteiger partial charge < -0.3 is 4.74 Å². The Morgan fingerprint density at radius 3 is 2.89 bits per heavy atom. The third kappa shape index (κ3) is 2.72. The standard InChI is InChI=1S/C20H25N3O4/c1-3-4-5-10-16-20(17-11-13(2)27-19(26)22(17)20)23(16)21-18(25)15-9-7-6-8-14(15)12-24/h6-9,12-13,16-17H,3-5,10-11H2,1-2H3,(H,21,25)/t13-,16-,17?,20-,22?,23?/m0/s1. The molecule has 1 N–H and O–H groups in total. The van der Waals surface area contributed by atoms with E-state index >= 15 is 0 Å². The largest absolute Gasteiger partial charge is 0.446 e. The van der Waals surface area contributed by atoms with Gasteiger partial charge in [-0.15, -0.1) is 0 Å². The van der Waals surface area contributed by atoms with E-state index in [4.69, 9.17) is 4.74 Å². The third-order valence-corrected chi connectivity index (χ3v) is 5.93. The van der Waals surface area contributed by atoms with Gasteiger partial charge in [0, 0.05) is 12.0 Å². The molecule has 3 aliphatic rings. The molecule has 1 spiro atoms. The summed E-state index contributed by atoms with van der Waals surface area (Å²) in [5, 5.41) is 1.90. The smallest absolute Gasteiger partial charge is 0.412 e. The molecule has 3 fully saturated rings. The fraction of sp³-hybridized carbons (Fsp3) is 0.550. The lowest BCUT2D eigenvalue weighted by Gasteiger charge is -2.17. The number of carbonyl (C=O) groups excluding carboxylic acids is 3. The number of aldehydes is 1. The Labute approximate surface area is 158 Å². The van der Waals surface area contributed by atoms with Crippen molar-refractivity contribution in [2.45, 2.75) is 69.8 Å². The quantitative estimate of drug-likeness (QED) is 0.453. The van der Waals surface area contributed by atoms with Crippen molar-refractivity contribution in [1.82, 2.24) is 15.3 Å². The Hall–Kier alpha value is -2.41. The first kappa shape index (κ1) is 18.0. The van der Waals surface area contributed by atoms with Crippen LogP contribution >= 0.6 is 0 Å². The Morgan fingerprint density at radius 1 is 1.37 bits per heavy atom. The minimum atomic E-state index is -0.443. The number of hydrazine groups is 1. The summed E-state index contributed by atoms with van der Waals surface area (Å²) in [5.74, 6) is -0.318. The lowest BCUT2D eigenvalue weighted by Crippen LogP contribution is -2.33. The average Bonchev–Trinajstić information content (AvgIpc) is 3.50. The molecule has 144 valence electrons. The normalized spacial score (nSPS) is 33.3. The van der Waals surface area contributed by atoms with Crippen molar-refractivity contribution < 1.29 is 19.1 Å². The summed E-state index contributed by atoms with van der Waals surface area (Å²) in [7, 11) is 0. The monoisotopic (exact) mass is 371 g/mol. The minimum absolute atomic E-state index is 0.0852. The Bertz CT molecular complexity index is 782. The van der Waals surface area contributed by atoms with Crippen LogP contribution in [0.3, 0.4) is 0 Å². The molecule has 0 radical (unpaired) electrons. The van der Waals surface area contributed by atoms with Crippen molar-refractivity contribution in [3.63, 3.8) is 0 Å². The molecule has 3 saturated heterocycles. The number of hydrogen-bond donors (Lipinski definition) is 1. The molecular weight excluding hydrogens is 346 g/mol. The van der Waals surface area contributed by atoms with E-state index < -0.39 is 5.66 Å². The van der Waals surface area contributed by atoms with Gasteiger partial charge in [-0.05, 0) is 19.4 Å². The molecule has 1 aromatic rings. The highest BCUT2D eigenvalue weighted by Gasteiger charge is 2.86. The van der Waals surface area contributed by atoms with Crippen LogP contribution in [-0.4, -0.2) is 52.0 Å². The number of cyclic esters (lactones) is 1. The van der Waals surface area contributed by atoms with Gasteiger partial charge in [0.2, 0.25) is 0 Å². The second-order valence-electron chi connectivity index (χ2n) is 7.63. The van der Waals surface area contributed by atoms with Crippen molar-refractivity contribution in [3.05, 3.63) is 35.4 Å². The molecule has 7 nitrogen and oxygen atoms in total. The number of unbranched alkanes of at least 4 members (excludes halogenated alkanes) is 2. The van der Waals surface area contributed by atoms with Crippen LogP contribution < -0.4 is 5.43 Å². The molecule has 1 aromatic carbocycles. The summed E-state index contributed by atoms with van der Waals surface area (Å²) < 4.78 is 5.37. The summed E-state index contributed by atoms with van der Waals surface area (Å²) in [5.41, 5.74) is 3.21. The second-order valence-corrected chi connectivity index (χ2v) is 7.63. The van der Waals surface area contributed by atoms with E-state index in [9.17, 15) is 14.4 Å². The summed E-state index contributed by atoms with van der Waals surface area (Å²) in [4.78, 5) is 38.1. The third-order valence-electron chi connectivity index (χ3n) is 5.93. The number of rotatable bonds is 7. The van der Waals surface area contributed by atoms with Gasteiger partial charge in [0.1, 0.15) is 6.10 Å². The van der Waals surface area contributed by atoms with Crippen molar-refractivity contribution in [3.8, 4) is 0 Å². The Balaban J connectivity index is 1.53. The van der Waals surface area contributed by atoms with Crippen LogP contribution in [0.25, 0.3) is 0 Å². The fourth-order valence-corrected chi connectivity index (χ4v) is 4.58. The summed E-state index contributed by atoms with van der Waals surface area (Å²) >= 11 is 0. The van der Waals surface area contributed by atoms with Crippen LogP contribution in [-0.2, 0) is 4.74 Å². The molecule has 0 aliphatic carbocycles. The predicted molar refractivity (Wildman–Crippen MR) is 98.0 cm³/mol. The molecule has 3 aliphatic heterocycles. The molecule has 0 bridgehead atoms. The topological polar surface area (TPSA) is 78.5 Å². The number of hydrogen-bond acceptors (Lipinski definition) is 5. The maximum atomic E-state index is 12.8. The summed E-state index contributed by atoms with van der Waals surface area (Å²) in [6.07, 6.45) is 5.24. The van der Waals surface area contributed by atoms with Crippen LogP contribution in [0, 0.1) is 0 Å². The lowest BCUT2D eigenvalue weighted by atomic mass is 10.1. The zero-order valence-corrected chi connectivity index (χ0v) is 15.7. The second kappa shape index (κ2) is 6.64. The Kier molecular flexibility index (Phi) is 4.42. The molecule has 7 heteroatoms. The van der Waals surface area contributed by atoms with E-state index in [1.807, 2.05) is 11.9 Å². The molecule has 2 unspecified atom stereocenters.